The van der Waals surface area contributed by atoms with Crippen LogP contribution in [0.4, 0.5) is 0 Å². The summed E-state index contributed by atoms with van der Waals surface area (Å²) in [5.74, 6) is -5.79. The second-order valence-corrected chi connectivity index (χ2v) is 14.5. The summed E-state index contributed by atoms with van der Waals surface area (Å²) in [6.07, 6.45) is -6.13. The molecule has 22 heteroatoms. The number of aliphatic hydroxyl groups is 3. The second kappa shape index (κ2) is 30.9. The molecule has 0 aliphatic carbocycles. The lowest BCUT2D eigenvalue weighted by molar-refractivity contribution is -0.311. The van der Waals surface area contributed by atoms with Gasteiger partial charge in [-0.3, -0.25) is 24.0 Å². The largest absolute Gasteiger partial charge is 0.465 e. The van der Waals surface area contributed by atoms with Gasteiger partial charge in [0.2, 0.25) is 17.7 Å². The molecule has 62 heavy (non-hydrogen) atoms. The van der Waals surface area contributed by atoms with Gasteiger partial charge in [-0.1, -0.05) is 30.2 Å². The summed E-state index contributed by atoms with van der Waals surface area (Å²) in [6.45, 7) is 4.96. The van der Waals surface area contributed by atoms with Gasteiger partial charge < -0.3 is 74.5 Å². The molecule has 2 rings (SSSR count). The van der Waals surface area contributed by atoms with Crippen molar-refractivity contribution in [3.8, 4) is 0 Å². The first-order valence-corrected chi connectivity index (χ1v) is 20.8. The van der Waals surface area contributed by atoms with E-state index >= 15 is 0 Å². The van der Waals surface area contributed by atoms with Crippen LogP contribution < -0.4 is 21.3 Å². The van der Waals surface area contributed by atoms with Crippen molar-refractivity contribution in [1.82, 2.24) is 21.3 Å². The molecule has 0 spiro atoms. The van der Waals surface area contributed by atoms with Crippen molar-refractivity contribution in [3.05, 3.63) is 34.9 Å². The molecule has 1 aromatic rings. The van der Waals surface area contributed by atoms with Crippen LogP contribution in [0.25, 0.3) is 0 Å². The smallest absolute Gasteiger partial charge is 0.366 e. The zero-order valence-corrected chi connectivity index (χ0v) is 36.3. The van der Waals surface area contributed by atoms with Crippen LogP contribution >= 0.6 is 11.6 Å². The first-order chi connectivity index (χ1) is 29.7. The molecule has 0 bridgehead atoms. The van der Waals surface area contributed by atoms with Crippen molar-refractivity contribution in [2.24, 2.45) is 0 Å². The van der Waals surface area contributed by atoms with Gasteiger partial charge in [0.1, 0.15) is 12.2 Å². The molecule has 0 aromatic heterocycles. The molecule has 0 radical (unpaired) electrons. The lowest BCUT2D eigenvalue weighted by Gasteiger charge is -2.47. The monoisotopic (exact) mass is 906 g/mol. The Balaban J connectivity index is 1.79. The van der Waals surface area contributed by atoms with Crippen LogP contribution in [0.5, 0.6) is 0 Å². The van der Waals surface area contributed by atoms with Gasteiger partial charge in [-0.25, -0.2) is 4.79 Å². The van der Waals surface area contributed by atoms with Crippen LogP contribution in [0.3, 0.4) is 0 Å². The lowest BCUT2D eigenvalue weighted by atomic mass is 9.88. The molecule has 0 saturated carbocycles. The molecule has 1 saturated heterocycles. The summed E-state index contributed by atoms with van der Waals surface area (Å²) < 4.78 is 43.1. The van der Waals surface area contributed by atoms with Crippen LogP contribution in [-0.2, 0) is 73.1 Å². The third-order valence-corrected chi connectivity index (χ3v) is 9.26. The maximum atomic E-state index is 13.2. The molecule has 7 N–H and O–H groups in total. The highest BCUT2D eigenvalue weighted by molar-refractivity contribution is 6.30. The maximum Gasteiger partial charge on any atom is 0.366 e. The fourth-order valence-corrected chi connectivity index (χ4v) is 6.00. The van der Waals surface area contributed by atoms with Crippen molar-refractivity contribution in [2.45, 2.75) is 88.6 Å². The highest BCUT2D eigenvalue weighted by atomic mass is 35.5. The van der Waals surface area contributed by atoms with Crippen molar-refractivity contribution < 1.29 is 82.0 Å². The standard InChI is InChI=1S/C40H63ClN4O17/c1-27(46)42-12-15-56-17-19-58-21-22-59-20-18-57-16-13-43-33(50)7-5-4-6-14-61-40(39(54)55-3)24-31(48)36(45-35(52)26-60-28(2)47)38(62-40)37(53)32(49)25-44-34(51)23-29-8-10-30(41)11-9-29/h8-11,31-32,36-38,48-49,53H,4-7,12-26H2,1-3H3,(H,42,46)(H,43,50)(H,44,51)(H,45,52)/t31-,32+,36+,37+,38+,40+/m0/s1. The average Bonchev–Trinajstić information content (AvgIpc) is 3.23. The Kier molecular flexibility index (Phi) is 27.0. The number of benzene rings is 1. The molecule has 1 aromatic carbocycles. The van der Waals surface area contributed by atoms with E-state index in [2.05, 4.69) is 21.3 Å². The molecule has 352 valence electrons. The van der Waals surface area contributed by atoms with Gasteiger partial charge in [-0.05, 0) is 30.5 Å². The fourth-order valence-electron chi connectivity index (χ4n) is 5.88. The molecule has 1 fully saturated rings. The van der Waals surface area contributed by atoms with Gasteiger partial charge in [-0.15, -0.1) is 0 Å². The Morgan fingerprint density at radius 2 is 1.39 bits per heavy atom. The quantitative estimate of drug-likeness (QED) is 0.0326. The summed E-state index contributed by atoms with van der Waals surface area (Å²) in [5, 5.41) is 44.3. The number of hydrogen-bond acceptors (Lipinski definition) is 17. The lowest BCUT2D eigenvalue weighted by Crippen LogP contribution is -2.68. The summed E-state index contributed by atoms with van der Waals surface area (Å²) in [6, 6.07) is 5.07. The third kappa shape index (κ3) is 22.4. The number of unbranched alkanes of at least 4 members (excludes halogenated alkanes) is 2. The summed E-state index contributed by atoms with van der Waals surface area (Å²) >= 11 is 5.90. The predicted molar refractivity (Wildman–Crippen MR) is 218 cm³/mol. The minimum atomic E-state index is -2.29. The van der Waals surface area contributed by atoms with Crippen molar-refractivity contribution in [1.29, 1.82) is 0 Å². The van der Waals surface area contributed by atoms with E-state index in [4.69, 9.17) is 49.5 Å². The van der Waals surface area contributed by atoms with E-state index < -0.39 is 79.6 Å². The number of halogens is 1. The van der Waals surface area contributed by atoms with E-state index in [0.29, 0.717) is 95.8 Å². The van der Waals surface area contributed by atoms with E-state index in [-0.39, 0.29) is 31.3 Å². The summed E-state index contributed by atoms with van der Waals surface area (Å²) in [4.78, 5) is 72.7. The Hall–Kier alpha value is -4.03. The number of nitrogens with one attached hydrogen (secondary N) is 4. The zero-order chi connectivity index (χ0) is 45.8. The molecular formula is C40H63ClN4O17. The average molecular weight is 907 g/mol. The number of rotatable bonds is 32. The molecular weight excluding hydrogens is 844 g/mol. The van der Waals surface area contributed by atoms with E-state index in [1.54, 1.807) is 24.3 Å². The zero-order valence-electron chi connectivity index (χ0n) is 35.6. The van der Waals surface area contributed by atoms with Gasteiger partial charge in [0.25, 0.3) is 11.7 Å². The molecule has 6 atom stereocenters. The van der Waals surface area contributed by atoms with Crippen LogP contribution in [0.2, 0.25) is 5.02 Å². The summed E-state index contributed by atoms with van der Waals surface area (Å²) in [5.41, 5.74) is 0.634. The molecule has 0 unspecified atom stereocenters. The molecule has 1 aliphatic heterocycles. The van der Waals surface area contributed by atoms with Crippen molar-refractivity contribution in [2.75, 3.05) is 92.8 Å². The number of amides is 4. The minimum Gasteiger partial charge on any atom is -0.465 e. The van der Waals surface area contributed by atoms with Crippen LogP contribution in [0.1, 0.15) is 51.5 Å². The number of carbonyl (C=O) groups excluding carboxylic acids is 6. The number of esters is 2. The number of ether oxygens (including phenoxy) is 8. The normalized spacial score (nSPS) is 19.4. The number of hydrogen-bond donors (Lipinski definition) is 7. The van der Waals surface area contributed by atoms with Gasteiger partial charge in [0.15, 0.2) is 6.61 Å². The highest BCUT2D eigenvalue weighted by Crippen LogP contribution is 2.34. The fraction of sp³-hybridized carbons (Fsp3) is 0.700. The van der Waals surface area contributed by atoms with E-state index in [9.17, 15) is 44.1 Å². The maximum absolute atomic E-state index is 13.2. The first kappa shape index (κ1) is 54.1. The predicted octanol–water partition coefficient (Wildman–Crippen LogP) is -1.32. The van der Waals surface area contributed by atoms with Crippen LogP contribution in [0, 0.1) is 0 Å². The molecule has 1 aliphatic rings. The first-order valence-electron chi connectivity index (χ1n) is 20.4. The second-order valence-electron chi connectivity index (χ2n) is 14.1. The molecule has 1 heterocycles. The van der Waals surface area contributed by atoms with E-state index in [1.165, 1.54) is 6.92 Å². The van der Waals surface area contributed by atoms with E-state index in [1.807, 2.05) is 0 Å². The molecule has 4 amide bonds. The van der Waals surface area contributed by atoms with Gasteiger partial charge in [0, 0.05) is 51.3 Å². The topological polar surface area (TPSA) is 285 Å². The Morgan fingerprint density at radius 3 is 1.97 bits per heavy atom. The number of aliphatic hydroxyl groups excluding tert-OH is 3. The van der Waals surface area contributed by atoms with Crippen LogP contribution in [-0.4, -0.2) is 180 Å². The number of methoxy groups -OCH3 is 1. The molecule has 21 nitrogen and oxygen atoms in total. The number of carbonyl (C=O) groups is 6. The minimum absolute atomic E-state index is 0.0647. The summed E-state index contributed by atoms with van der Waals surface area (Å²) in [7, 11) is 1.06. The highest BCUT2D eigenvalue weighted by Gasteiger charge is 2.56. The SMILES string of the molecule is COC(=O)[C@@]1(OCCCCCC(=O)NCCOCCOCCOCCOCCNC(C)=O)C[C@H](O)[C@@H](NC(=O)COC(C)=O)[C@H]([C@H](O)[C@H](O)CNC(=O)Cc2ccc(Cl)cc2)O1. The Labute approximate surface area is 366 Å². The van der Waals surface area contributed by atoms with Crippen LogP contribution in [0.15, 0.2) is 24.3 Å². The Bertz CT molecular complexity index is 1510. The van der Waals surface area contributed by atoms with Crippen molar-refractivity contribution >= 4 is 47.2 Å². The van der Waals surface area contributed by atoms with E-state index in [0.717, 1.165) is 14.0 Å². The van der Waals surface area contributed by atoms with Crippen molar-refractivity contribution in [3.63, 3.8) is 0 Å². The van der Waals surface area contributed by atoms with Gasteiger partial charge in [-0.2, -0.15) is 0 Å². The van der Waals surface area contributed by atoms with Gasteiger partial charge >= 0.3 is 11.9 Å². The Morgan fingerprint density at radius 1 is 0.790 bits per heavy atom. The third-order valence-electron chi connectivity index (χ3n) is 9.01. The van der Waals surface area contributed by atoms with Gasteiger partial charge in [0.05, 0.1) is 91.2 Å².